The average Bonchev–Trinajstić information content (AvgIpc) is 3.73. The number of aliphatic carboxylic acids is 1. The second-order valence-electron chi connectivity index (χ2n) is 12.0. The molecule has 4 atom stereocenters. The Balaban J connectivity index is 1.32. The van der Waals surface area contributed by atoms with Crippen LogP contribution in [0.1, 0.15) is 80.2 Å². The maximum atomic E-state index is 11.9. The van der Waals surface area contributed by atoms with Gasteiger partial charge in [-0.15, -0.1) is 0 Å². The summed E-state index contributed by atoms with van der Waals surface area (Å²) >= 11 is 0. The normalized spacial score (nSPS) is 22.3. The van der Waals surface area contributed by atoms with Crippen molar-refractivity contribution >= 4 is 5.97 Å². The lowest BCUT2D eigenvalue weighted by molar-refractivity contribution is -0.142. The van der Waals surface area contributed by atoms with Crippen LogP contribution in [0.2, 0.25) is 0 Å². The molecule has 3 aliphatic rings. The van der Waals surface area contributed by atoms with Gasteiger partial charge in [-0.2, -0.15) is 0 Å². The quantitative estimate of drug-likeness (QED) is 0.314. The molecule has 2 unspecified atom stereocenters. The molecule has 1 aromatic heterocycles. The molecule has 0 amide bonds. The van der Waals surface area contributed by atoms with Crippen molar-refractivity contribution in [3.8, 4) is 22.8 Å². The minimum Gasteiger partial charge on any atom is -0.485 e. The van der Waals surface area contributed by atoms with Gasteiger partial charge in [-0.1, -0.05) is 31.2 Å². The fraction of sp³-hybridized carbons (Fsp3) is 0.471. The van der Waals surface area contributed by atoms with Crippen LogP contribution in [-0.2, 0) is 17.8 Å². The molecule has 3 heterocycles. The van der Waals surface area contributed by atoms with E-state index in [4.69, 9.17) is 9.47 Å². The second kappa shape index (κ2) is 11.2. The number of pyridine rings is 1. The third-order valence-electron chi connectivity index (χ3n) is 9.31. The summed E-state index contributed by atoms with van der Waals surface area (Å²) in [6, 6.07) is 17.8. The van der Waals surface area contributed by atoms with E-state index in [1.807, 2.05) is 19.1 Å². The molecule has 40 heavy (non-hydrogen) atoms. The third-order valence-corrected chi connectivity index (χ3v) is 9.31. The SMILES string of the molecule is COc1cc(-c2ccc(C3CCc4ccc(C(C5CC5)[C@H](C)C(=O)O)cc4O3)c(CN3CCC[C@H]3C)c2)ccn1. The number of ether oxygens (including phenoxy) is 2. The van der Waals surface area contributed by atoms with Gasteiger partial charge in [0.15, 0.2) is 0 Å². The number of nitrogens with zero attached hydrogens (tertiary/aromatic N) is 2. The standard InChI is InChI=1S/C34H40N2O4/c1-21-5-4-16-36(21)20-28-17-25(26-14-15-35-32(19-26)39-3)10-12-29(28)30-13-11-23-6-9-27(18-31(23)40-30)33(24-7-8-24)22(2)34(37)38/h6,9-10,12,14-15,17-19,21-22,24,30,33H,4-5,7-8,11,13,16,20H2,1-3H3,(H,37,38)/t21-,22+,30?,33?/m1/s1. The first-order valence-corrected chi connectivity index (χ1v) is 14.8. The summed E-state index contributed by atoms with van der Waals surface area (Å²) in [6.45, 7) is 6.20. The number of likely N-dealkylation sites (tertiary alicyclic amines) is 1. The van der Waals surface area contributed by atoms with Gasteiger partial charge in [-0.25, -0.2) is 4.98 Å². The van der Waals surface area contributed by atoms with Crippen molar-refractivity contribution in [2.24, 2.45) is 11.8 Å². The van der Waals surface area contributed by atoms with Gasteiger partial charge in [-0.3, -0.25) is 9.69 Å². The Hall–Kier alpha value is -3.38. The third kappa shape index (κ3) is 5.46. The van der Waals surface area contributed by atoms with E-state index in [1.54, 1.807) is 13.3 Å². The first-order valence-electron chi connectivity index (χ1n) is 14.8. The molecule has 2 aliphatic heterocycles. The molecule has 210 valence electrons. The summed E-state index contributed by atoms with van der Waals surface area (Å²) < 4.78 is 12.1. The van der Waals surface area contributed by atoms with Crippen molar-refractivity contribution in [2.45, 2.75) is 77.0 Å². The molecule has 1 N–H and O–H groups in total. The van der Waals surface area contributed by atoms with Crippen molar-refractivity contribution in [3.05, 3.63) is 77.0 Å². The van der Waals surface area contributed by atoms with E-state index in [9.17, 15) is 9.90 Å². The maximum Gasteiger partial charge on any atom is 0.306 e. The van der Waals surface area contributed by atoms with E-state index < -0.39 is 11.9 Å². The number of benzene rings is 2. The van der Waals surface area contributed by atoms with E-state index in [0.717, 1.165) is 61.2 Å². The fourth-order valence-electron chi connectivity index (χ4n) is 6.77. The number of hydrogen-bond donors (Lipinski definition) is 1. The smallest absolute Gasteiger partial charge is 0.306 e. The number of aryl methyl sites for hydroxylation is 1. The molecule has 1 saturated carbocycles. The summed E-state index contributed by atoms with van der Waals surface area (Å²) in [7, 11) is 1.65. The van der Waals surface area contributed by atoms with Crippen LogP contribution < -0.4 is 9.47 Å². The predicted octanol–water partition coefficient (Wildman–Crippen LogP) is 7.02. The molecule has 2 aromatic carbocycles. The highest BCUT2D eigenvalue weighted by Gasteiger charge is 2.39. The number of hydrogen-bond acceptors (Lipinski definition) is 5. The zero-order valence-electron chi connectivity index (χ0n) is 23.8. The molecule has 1 saturated heterocycles. The topological polar surface area (TPSA) is 71.9 Å². The summed E-state index contributed by atoms with van der Waals surface area (Å²) in [5, 5.41) is 9.77. The Morgan fingerprint density at radius 2 is 1.93 bits per heavy atom. The number of carbonyl (C=O) groups is 1. The van der Waals surface area contributed by atoms with Crippen molar-refractivity contribution in [1.82, 2.24) is 9.88 Å². The van der Waals surface area contributed by atoms with Crippen LogP contribution in [0, 0.1) is 11.8 Å². The van der Waals surface area contributed by atoms with Crippen molar-refractivity contribution in [1.29, 1.82) is 0 Å². The number of fused-ring (bicyclic) bond motifs is 1. The van der Waals surface area contributed by atoms with E-state index in [0.29, 0.717) is 17.8 Å². The molecule has 0 radical (unpaired) electrons. The molecule has 3 aromatic rings. The monoisotopic (exact) mass is 540 g/mol. The number of carboxylic acids is 1. The van der Waals surface area contributed by atoms with Crippen LogP contribution in [0.3, 0.4) is 0 Å². The van der Waals surface area contributed by atoms with Crippen LogP contribution in [-0.4, -0.2) is 40.7 Å². The second-order valence-corrected chi connectivity index (χ2v) is 12.0. The van der Waals surface area contributed by atoms with Gasteiger partial charge in [0, 0.05) is 24.8 Å². The lowest BCUT2D eigenvalue weighted by Crippen LogP contribution is -2.27. The minimum atomic E-state index is -0.721. The van der Waals surface area contributed by atoms with Crippen LogP contribution in [0.15, 0.2) is 54.7 Å². The van der Waals surface area contributed by atoms with Gasteiger partial charge >= 0.3 is 5.97 Å². The molecule has 1 aliphatic carbocycles. The summed E-state index contributed by atoms with van der Waals surface area (Å²) in [4.78, 5) is 18.8. The van der Waals surface area contributed by atoms with Gasteiger partial charge < -0.3 is 14.6 Å². The lowest BCUT2D eigenvalue weighted by Gasteiger charge is -2.31. The molecule has 6 nitrogen and oxygen atoms in total. The Morgan fingerprint density at radius 1 is 1.10 bits per heavy atom. The largest absolute Gasteiger partial charge is 0.485 e. The van der Waals surface area contributed by atoms with Gasteiger partial charge in [0.2, 0.25) is 5.88 Å². The molecular formula is C34H40N2O4. The highest BCUT2D eigenvalue weighted by atomic mass is 16.5. The van der Waals surface area contributed by atoms with Crippen LogP contribution >= 0.6 is 0 Å². The van der Waals surface area contributed by atoms with E-state index in [1.165, 1.54) is 29.5 Å². The van der Waals surface area contributed by atoms with E-state index in [2.05, 4.69) is 53.2 Å². The summed E-state index contributed by atoms with van der Waals surface area (Å²) in [6.07, 6.45) is 8.33. The Labute approximate surface area is 237 Å². The fourth-order valence-corrected chi connectivity index (χ4v) is 6.77. The first-order chi connectivity index (χ1) is 19.4. The zero-order chi connectivity index (χ0) is 27.8. The van der Waals surface area contributed by atoms with Gasteiger partial charge in [0.05, 0.1) is 13.0 Å². The van der Waals surface area contributed by atoms with Crippen LogP contribution in [0.5, 0.6) is 11.6 Å². The number of carboxylic acid groups (broad SMARTS) is 1. The van der Waals surface area contributed by atoms with Crippen LogP contribution in [0.25, 0.3) is 11.1 Å². The average molecular weight is 541 g/mol. The number of aromatic nitrogens is 1. The number of rotatable bonds is 9. The highest BCUT2D eigenvalue weighted by molar-refractivity contribution is 5.71. The maximum absolute atomic E-state index is 11.9. The van der Waals surface area contributed by atoms with Gasteiger partial charge in [-0.05, 0) is 115 Å². The molecule has 0 bridgehead atoms. The Bertz CT molecular complexity index is 1380. The Morgan fingerprint density at radius 3 is 2.65 bits per heavy atom. The summed E-state index contributed by atoms with van der Waals surface area (Å²) in [5.74, 6) is 0.897. The van der Waals surface area contributed by atoms with E-state index >= 15 is 0 Å². The zero-order valence-corrected chi connectivity index (χ0v) is 23.8. The Kier molecular flexibility index (Phi) is 7.54. The van der Waals surface area contributed by atoms with Crippen molar-refractivity contribution in [2.75, 3.05) is 13.7 Å². The van der Waals surface area contributed by atoms with Crippen molar-refractivity contribution < 1.29 is 19.4 Å². The summed E-state index contributed by atoms with van der Waals surface area (Å²) in [5.41, 5.74) is 7.12. The highest BCUT2D eigenvalue weighted by Crippen LogP contribution is 2.48. The lowest BCUT2D eigenvalue weighted by atomic mass is 9.82. The van der Waals surface area contributed by atoms with E-state index in [-0.39, 0.29) is 12.0 Å². The molecule has 6 rings (SSSR count). The first kappa shape index (κ1) is 26.8. The molecule has 0 spiro atoms. The molecule has 2 fully saturated rings. The molecule has 6 heteroatoms. The van der Waals surface area contributed by atoms with Crippen LogP contribution in [0.4, 0.5) is 0 Å². The van der Waals surface area contributed by atoms with Gasteiger partial charge in [0.25, 0.3) is 0 Å². The minimum absolute atomic E-state index is 0.0343. The predicted molar refractivity (Wildman–Crippen MR) is 156 cm³/mol. The molecular weight excluding hydrogens is 500 g/mol. The van der Waals surface area contributed by atoms with Crippen molar-refractivity contribution in [3.63, 3.8) is 0 Å². The van der Waals surface area contributed by atoms with Gasteiger partial charge in [0.1, 0.15) is 11.9 Å². The number of methoxy groups -OCH3 is 1.